The number of thiophene rings is 2. The molecule has 2 rings (SSSR count). The van der Waals surface area contributed by atoms with E-state index in [4.69, 9.17) is 15.6 Å². The molecule has 2 aromatic heterocycles. The summed E-state index contributed by atoms with van der Waals surface area (Å²) in [7, 11) is 0. The van der Waals surface area contributed by atoms with Crippen LogP contribution >= 0.6 is 22.7 Å². The number of nitrogens with one attached hydrogen (secondary N) is 1. The number of ether oxygens (including phenoxy) is 1. The summed E-state index contributed by atoms with van der Waals surface area (Å²) >= 11 is 2.18. The SMILES string of the molecule is NC(=O)c1ccsc1NC(=O)COc1csc(C(=O)O)c1. The molecule has 0 atom stereocenters. The molecule has 110 valence electrons. The minimum absolute atomic E-state index is 0.125. The number of carbonyl (C=O) groups excluding carboxylic acids is 2. The van der Waals surface area contributed by atoms with Gasteiger partial charge < -0.3 is 20.9 Å². The van der Waals surface area contributed by atoms with E-state index in [0.29, 0.717) is 10.8 Å². The van der Waals surface area contributed by atoms with Crippen LogP contribution in [0.2, 0.25) is 0 Å². The normalized spacial score (nSPS) is 10.1. The molecule has 21 heavy (non-hydrogen) atoms. The van der Waals surface area contributed by atoms with Crippen LogP contribution in [0.25, 0.3) is 0 Å². The molecule has 0 saturated heterocycles. The molecule has 0 aliphatic rings. The number of carboxylic acids is 1. The van der Waals surface area contributed by atoms with E-state index < -0.39 is 17.8 Å². The van der Waals surface area contributed by atoms with Crippen LogP contribution in [-0.4, -0.2) is 29.5 Å². The molecule has 0 bridgehead atoms. The Hall–Kier alpha value is -2.39. The summed E-state index contributed by atoms with van der Waals surface area (Å²) in [6.07, 6.45) is 0. The summed E-state index contributed by atoms with van der Waals surface area (Å²) in [5.41, 5.74) is 5.40. The first-order valence-corrected chi connectivity index (χ1v) is 7.35. The number of anilines is 1. The lowest BCUT2D eigenvalue weighted by molar-refractivity contribution is -0.118. The van der Waals surface area contributed by atoms with Crippen molar-refractivity contribution in [3.8, 4) is 5.75 Å². The number of amides is 2. The molecule has 0 saturated carbocycles. The van der Waals surface area contributed by atoms with Gasteiger partial charge in [-0.25, -0.2) is 4.79 Å². The fourth-order valence-corrected chi connectivity index (χ4v) is 2.89. The number of carboxylic acid groups (broad SMARTS) is 1. The Balaban J connectivity index is 1.91. The molecule has 0 fully saturated rings. The van der Waals surface area contributed by atoms with Crippen LogP contribution in [0.1, 0.15) is 20.0 Å². The second-order valence-corrected chi connectivity index (χ2v) is 5.64. The summed E-state index contributed by atoms with van der Waals surface area (Å²) in [6, 6.07) is 2.85. The van der Waals surface area contributed by atoms with E-state index in [9.17, 15) is 14.4 Å². The molecule has 7 nitrogen and oxygen atoms in total. The number of carbonyl (C=O) groups is 3. The van der Waals surface area contributed by atoms with E-state index in [1.165, 1.54) is 28.8 Å². The minimum atomic E-state index is -1.05. The highest BCUT2D eigenvalue weighted by atomic mass is 32.1. The zero-order valence-electron chi connectivity index (χ0n) is 10.5. The molecule has 4 N–H and O–H groups in total. The molecular formula is C12H10N2O5S2. The summed E-state index contributed by atoms with van der Waals surface area (Å²) in [4.78, 5) is 33.6. The van der Waals surface area contributed by atoms with Gasteiger partial charge in [0.2, 0.25) is 0 Å². The van der Waals surface area contributed by atoms with Crippen LogP contribution in [0, 0.1) is 0 Å². The summed E-state index contributed by atoms with van der Waals surface area (Å²) in [6.45, 7) is -0.300. The highest BCUT2D eigenvalue weighted by Crippen LogP contribution is 2.23. The van der Waals surface area contributed by atoms with Crippen LogP contribution < -0.4 is 15.8 Å². The zero-order chi connectivity index (χ0) is 15.4. The van der Waals surface area contributed by atoms with Gasteiger partial charge in [0.15, 0.2) is 6.61 Å². The molecule has 0 unspecified atom stereocenters. The monoisotopic (exact) mass is 326 g/mol. The van der Waals surface area contributed by atoms with E-state index in [-0.39, 0.29) is 17.0 Å². The number of hydrogen-bond acceptors (Lipinski definition) is 6. The summed E-state index contributed by atoms with van der Waals surface area (Å²) in [5.74, 6) is -1.85. The van der Waals surface area contributed by atoms with Gasteiger partial charge in [-0.2, -0.15) is 0 Å². The zero-order valence-corrected chi connectivity index (χ0v) is 12.1. The van der Waals surface area contributed by atoms with E-state index in [0.717, 1.165) is 11.3 Å². The van der Waals surface area contributed by atoms with E-state index in [1.807, 2.05) is 0 Å². The van der Waals surface area contributed by atoms with Crippen LogP contribution in [0.3, 0.4) is 0 Å². The van der Waals surface area contributed by atoms with Crippen molar-refractivity contribution in [1.29, 1.82) is 0 Å². The number of aromatic carboxylic acids is 1. The third-order valence-corrected chi connectivity index (χ3v) is 4.07. The van der Waals surface area contributed by atoms with Crippen molar-refractivity contribution >= 4 is 45.5 Å². The van der Waals surface area contributed by atoms with Gasteiger partial charge in [0.25, 0.3) is 11.8 Å². The van der Waals surface area contributed by atoms with Crippen molar-refractivity contribution in [2.24, 2.45) is 5.73 Å². The smallest absolute Gasteiger partial charge is 0.346 e. The molecule has 0 aliphatic carbocycles. The first-order valence-electron chi connectivity index (χ1n) is 5.59. The number of hydrogen-bond donors (Lipinski definition) is 3. The Bertz CT molecular complexity index is 691. The topological polar surface area (TPSA) is 119 Å². The van der Waals surface area contributed by atoms with E-state index in [2.05, 4.69) is 5.32 Å². The van der Waals surface area contributed by atoms with Gasteiger partial charge in [0, 0.05) is 11.4 Å². The highest BCUT2D eigenvalue weighted by Gasteiger charge is 2.13. The minimum Gasteiger partial charge on any atom is -0.483 e. The van der Waals surface area contributed by atoms with Crippen molar-refractivity contribution in [1.82, 2.24) is 0 Å². The standard InChI is InChI=1S/C12H10N2O5S2/c13-10(16)7-1-2-20-11(7)14-9(15)4-19-6-3-8(12(17)18)21-5-6/h1-3,5H,4H2,(H2,13,16)(H,14,15)(H,17,18). The molecule has 2 heterocycles. The molecular weight excluding hydrogens is 316 g/mol. The Labute approximate surface area is 127 Å². The van der Waals surface area contributed by atoms with E-state index >= 15 is 0 Å². The van der Waals surface area contributed by atoms with Crippen molar-refractivity contribution in [2.45, 2.75) is 0 Å². The molecule has 0 radical (unpaired) electrons. The highest BCUT2D eigenvalue weighted by molar-refractivity contribution is 7.14. The second kappa shape index (κ2) is 6.37. The third-order valence-electron chi connectivity index (χ3n) is 2.34. The molecule has 2 aromatic rings. The van der Waals surface area contributed by atoms with Gasteiger partial charge in [-0.1, -0.05) is 0 Å². The van der Waals surface area contributed by atoms with Crippen molar-refractivity contribution < 1.29 is 24.2 Å². The molecule has 0 aliphatic heterocycles. The van der Waals surface area contributed by atoms with Gasteiger partial charge in [0.1, 0.15) is 15.6 Å². The van der Waals surface area contributed by atoms with Crippen LogP contribution in [0.4, 0.5) is 5.00 Å². The molecule has 0 spiro atoms. The van der Waals surface area contributed by atoms with Crippen LogP contribution in [-0.2, 0) is 4.79 Å². The van der Waals surface area contributed by atoms with Gasteiger partial charge >= 0.3 is 5.97 Å². The van der Waals surface area contributed by atoms with Gasteiger partial charge in [-0.05, 0) is 11.4 Å². The Kier molecular flexibility index (Phi) is 4.55. The predicted octanol–water partition coefficient (Wildman–Crippen LogP) is 1.62. The average molecular weight is 326 g/mol. The molecule has 9 heteroatoms. The second-order valence-electron chi connectivity index (χ2n) is 3.82. The largest absolute Gasteiger partial charge is 0.483 e. The predicted molar refractivity (Wildman–Crippen MR) is 78.2 cm³/mol. The van der Waals surface area contributed by atoms with Gasteiger partial charge in [0.05, 0.1) is 5.56 Å². The number of nitrogens with two attached hydrogens (primary N) is 1. The first-order chi connectivity index (χ1) is 9.97. The quantitative estimate of drug-likeness (QED) is 0.745. The average Bonchev–Trinajstić information content (AvgIpc) is 3.04. The van der Waals surface area contributed by atoms with Gasteiger partial charge in [-0.3, -0.25) is 9.59 Å². The lowest BCUT2D eigenvalue weighted by Gasteiger charge is -2.05. The van der Waals surface area contributed by atoms with Crippen molar-refractivity contribution in [3.05, 3.63) is 33.3 Å². The number of rotatable bonds is 6. The Morgan fingerprint density at radius 3 is 2.71 bits per heavy atom. The summed E-state index contributed by atoms with van der Waals surface area (Å²) in [5, 5.41) is 14.8. The van der Waals surface area contributed by atoms with Gasteiger partial charge in [-0.15, -0.1) is 22.7 Å². The third kappa shape index (κ3) is 3.80. The summed E-state index contributed by atoms with van der Waals surface area (Å²) < 4.78 is 5.17. The maximum absolute atomic E-state index is 11.7. The molecule has 0 aromatic carbocycles. The lowest BCUT2D eigenvalue weighted by Crippen LogP contribution is -2.21. The van der Waals surface area contributed by atoms with Crippen molar-refractivity contribution in [3.63, 3.8) is 0 Å². The lowest BCUT2D eigenvalue weighted by atomic mass is 10.3. The number of primary amides is 1. The van der Waals surface area contributed by atoms with Crippen LogP contribution in [0.5, 0.6) is 5.75 Å². The molecule has 2 amide bonds. The maximum Gasteiger partial charge on any atom is 0.346 e. The first kappa shape index (κ1) is 15.0. The van der Waals surface area contributed by atoms with E-state index in [1.54, 1.807) is 5.38 Å². The maximum atomic E-state index is 11.7. The van der Waals surface area contributed by atoms with Crippen molar-refractivity contribution in [2.75, 3.05) is 11.9 Å². The fraction of sp³-hybridized carbons (Fsp3) is 0.0833. The fourth-order valence-electron chi connectivity index (χ4n) is 1.42. The Morgan fingerprint density at radius 1 is 1.33 bits per heavy atom. The van der Waals surface area contributed by atoms with Crippen LogP contribution in [0.15, 0.2) is 22.9 Å². The Morgan fingerprint density at radius 2 is 2.10 bits per heavy atom.